The maximum absolute atomic E-state index is 11.3. The van der Waals surface area contributed by atoms with Gasteiger partial charge in [-0.05, 0) is 30.6 Å². The van der Waals surface area contributed by atoms with Crippen LogP contribution in [0.1, 0.15) is 19.3 Å². The molecule has 0 saturated heterocycles. The lowest BCUT2D eigenvalue weighted by Gasteiger charge is -2.39. The summed E-state index contributed by atoms with van der Waals surface area (Å²) in [6.07, 6.45) is 11.6. The Morgan fingerprint density at radius 2 is 2.25 bits per heavy atom. The van der Waals surface area contributed by atoms with E-state index in [1.54, 1.807) is 12.3 Å². The van der Waals surface area contributed by atoms with Crippen LogP contribution >= 0.6 is 0 Å². The molecule has 2 N–H and O–H groups in total. The number of aliphatic carboxylic acids is 1. The maximum atomic E-state index is 11.3. The average Bonchev–Trinajstić information content (AvgIpc) is 2.18. The molecule has 0 amide bonds. The van der Waals surface area contributed by atoms with Gasteiger partial charge >= 0.3 is 5.97 Å². The van der Waals surface area contributed by atoms with Gasteiger partial charge < -0.3 is 10.4 Å². The molecule has 3 nitrogen and oxygen atoms in total. The first-order valence-corrected chi connectivity index (χ1v) is 5.40. The van der Waals surface area contributed by atoms with Crippen molar-refractivity contribution in [1.29, 1.82) is 0 Å². The lowest BCUT2D eigenvalue weighted by Crippen LogP contribution is -2.40. The number of rotatable bonds is 3. The summed E-state index contributed by atoms with van der Waals surface area (Å²) in [7, 11) is 0. The largest absolute Gasteiger partial charge is 0.481 e. The van der Waals surface area contributed by atoms with E-state index in [4.69, 9.17) is 0 Å². The van der Waals surface area contributed by atoms with Gasteiger partial charge in [0.1, 0.15) is 0 Å². The molecular formula is C13H15NO2. The van der Waals surface area contributed by atoms with E-state index >= 15 is 0 Å². The second-order valence-electron chi connectivity index (χ2n) is 4.18. The molecule has 1 aliphatic heterocycles. The number of hydrogen-bond donors (Lipinski definition) is 2. The first-order chi connectivity index (χ1) is 7.69. The first-order valence-electron chi connectivity index (χ1n) is 5.40. The number of carboxylic acids is 1. The van der Waals surface area contributed by atoms with Crippen LogP contribution in [-0.2, 0) is 4.79 Å². The fourth-order valence-corrected chi connectivity index (χ4v) is 2.12. The lowest BCUT2D eigenvalue weighted by molar-refractivity contribution is -0.150. The fraction of sp³-hybridized carbons (Fsp3) is 0.308. The minimum Gasteiger partial charge on any atom is -0.481 e. The Balaban J connectivity index is 2.19. The third kappa shape index (κ3) is 1.58. The standard InChI is InChI=1S/C13H15NO2/c1-2-4-11-6-5-10(9-14-11)13(12(15)16)7-3-8-13/h2,4-6,9,14H,1,3,7-8H2,(H,15,16)/b11-4-. The van der Waals surface area contributed by atoms with E-state index in [0.29, 0.717) is 0 Å². The number of hydrogen-bond acceptors (Lipinski definition) is 2. The van der Waals surface area contributed by atoms with Gasteiger partial charge in [0.05, 0.1) is 5.41 Å². The summed E-state index contributed by atoms with van der Waals surface area (Å²) < 4.78 is 0. The molecular weight excluding hydrogens is 202 g/mol. The summed E-state index contributed by atoms with van der Waals surface area (Å²) in [5, 5.41) is 12.3. The zero-order chi connectivity index (χ0) is 11.6. The highest BCUT2D eigenvalue weighted by Crippen LogP contribution is 2.48. The Morgan fingerprint density at radius 1 is 1.50 bits per heavy atom. The van der Waals surface area contributed by atoms with Gasteiger partial charge in [0.25, 0.3) is 0 Å². The second kappa shape index (κ2) is 4.00. The van der Waals surface area contributed by atoms with Gasteiger partial charge in [0.15, 0.2) is 0 Å². The van der Waals surface area contributed by atoms with Gasteiger partial charge in [-0.3, -0.25) is 4.79 Å². The molecule has 84 valence electrons. The molecule has 2 aliphatic rings. The molecule has 2 rings (SSSR count). The monoisotopic (exact) mass is 217 g/mol. The second-order valence-corrected chi connectivity index (χ2v) is 4.18. The molecule has 0 aromatic carbocycles. The number of nitrogens with one attached hydrogen (secondary N) is 1. The SMILES string of the molecule is C=C/C=C1/C=CC(C2(C(=O)O)CCC2)=CN1. The van der Waals surface area contributed by atoms with Gasteiger partial charge in [-0.25, -0.2) is 0 Å². The molecule has 0 spiro atoms. The zero-order valence-corrected chi connectivity index (χ0v) is 9.07. The molecule has 16 heavy (non-hydrogen) atoms. The third-order valence-corrected chi connectivity index (χ3v) is 3.30. The number of carboxylic acid groups (broad SMARTS) is 1. The van der Waals surface area contributed by atoms with Crippen LogP contribution in [0.5, 0.6) is 0 Å². The van der Waals surface area contributed by atoms with Gasteiger partial charge in [-0.2, -0.15) is 0 Å². The van der Waals surface area contributed by atoms with Crippen molar-refractivity contribution in [2.45, 2.75) is 19.3 Å². The maximum Gasteiger partial charge on any atom is 0.314 e. The Labute approximate surface area is 94.9 Å². The van der Waals surface area contributed by atoms with Crippen LogP contribution in [0.4, 0.5) is 0 Å². The normalized spacial score (nSPS) is 24.2. The Kier molecular flexibility index (Phi) is 2.69. The van der Waals surface area contributed by atoms with E-state index in [0.717, 1.165) is 30.5 Å². The van der Waals surface area contributed by atoms with Crippen molar-refractivity contribution in [3.63, 3.8) is 0 Å². The molecule has 3 heteroatoms. The highest BCUT2D eigenvalue weighted by atomic mass is 16.4. The van der Waals surface area contributed by atoms with E-state index in [1.165, 1.54) is 0 Å². The van der Waals surface area contributed by atoms with Crippen molar-refractivity contribution in [2.24, 2.45) is 5.41 Å². The predicted octanol–water partition coefficient (Wildman–Crippen LogP) is 2.35. The quantitative estimate of drug-likeness (QED) is 0.763. The van der Waals surface area contributed by atoms with E-state index in [2.05, 4.69) is 11.9 Å². The summed E-state index contributed by atoms with van der Waals surface area (Å²) >= 11 is 0. The van der Waals surface area contributed by atoms with Crippen molar-refractivity contribution in [1.82, 2.24) is 5.32 Å². The van der Waals surface area contributed by atoms with E-state index in [1.807, 2.05) is 18.2 Å². The van der Waals surface area contributed by atoms with Crippen molar-refractivity contribution < 1.29 is 9.90 Å². The van der Waals surface area contributed by atoms with Crippen molar-refractivity contribution in [3.05, 3.63) is 48.4 Å². The average molecular weight is 217 g/mol. The lowest BCUT2D eigenvalue weighted by atomic mass is 9.64. The van der Waals surface area contributed by atoms with Crippen LogP contribution in [0, 0.1) is 5.41 Å². The summed E-state index contributed by atoms with van der Waals surface area (Å²) in [5.74, 6) is -0.715. The number of carbonyl (C=O) groups is 1. The molecule has 1 heterocycles. The van der Waals surface area contributed by atoms with E-state index < -0.39 is 11.4 Å². The first kappa shape index (κ1) is 10.7. The summed E-state index contributed by atoms with van der Waals surface area (Å²) in [6.45, 7) is 3.61. The molecule has 0 aromatic heterocycles. The summed E-state index contributed by atoms with van der Waals surface area (Å²) in [4.78, 5) is 11.3. The minimum atomic E-state index is -0.715. The molecule has 1 saturated carbocycles. The Hall–Kier alpha value is -1.77. The molecule has 1 fully saturated rings. The minimum absolute atomic E-state index is 0.650. The van der Waals surface area contributed by atoms with Crippen LogP contribution in [0.15, 0.2) is 48.4 Å². The van der Waals surface area contributed by atoms with Crippen LogP contribution in [0.3, 0.4) is 0 Å². The molecule has 0 unspecified atom stereocenters. The summed E-state index contributed by atoms with van der Waals surface area (Å²) in [5.41, 5.74) is 1.15. The molecule has 0 bridgehead atoms. The molecule has 1 aliphatic carbocycles. The van der Waals surface area contributed by atoms with Gasteiger partial charge in [0, 0.05) is 11.9 Å². The van der Waals surface area contributed by atoms with Gasteiger partial charge in [-0.1, -0.05) is 25.2 Å². The van der Waals surface area contributed by atoms with E-state index in [-0.39, 0.29) is 0 Å². The Bertz CT molecular complexity index is 412. The third-order valence-electron chi connectivity index (χ3n) is 3.30. The van der Waals surface area contributed by atoms with Crippen molar-refractivity contribution in [2.75, 3.05) is 0 Å². The van der Waals surface area contributed by atoms with Crippen molar-refractivity contribution in [3.8, 4) is 0 Å². The van der Waals surface area contributed by atoms with Crippen molar-refractivity contribution >= 4 is 5.97 Å². The van der Waals surface area contributed by atoms with Crippen LogP contribution in [-0.4, -0.2) is 11.1 Å². The summed E-state index contributed by atoms with van der Waals surface area (Å²) in [6, 6.07) is 0. The Morgan fingerprint density at radius 3 is 2.62 bits per heavy atom. The number of dihydropyridines is 1. The molecule has 0 radical (unpaired) electrons. The highest BCUT2D eigenvalue weighted by Gasteiger charge is 2.46. The zero-order valence-electron chi connectivity index (χ0n) is 9.07. The predicted molar refractivity (Wildman–Crippen MR) is 62.6 cm³/mol. The van der Waals surface area contributed by atoms with Crippen LogP contribution < -0.4 is 5.32 Å². The van der Waals surface area contributed by atoms with E-state index in [9.17, 15) is 9.90 Å². The smallest absolute Gasteiger partial charge is 0.314 e. The van der Waals surface area contributed by atoms with Gasteiger partial charge in [-0.15, -0.1) is 0 Å². The van der Waals surface area contributed by atoms with Crippen LogP contribution in [0.2, 0.25) is 0 Å². The molecule has 0 aromatic rings. The van der Waals surface area contributed by atoms with Gasteiger partial charge in [0.2, 0.25) is 0 Å². The highest BCUT2D eigenvalue weighted by molar-refractivity contribution is 5.81. The molecule has 0 atom stereocenters. The number of allylic oxidation sites excluding steroid dienone is 4. The van der Waals surface area contributed by atoms with Crippen LogP contribution in [0.25, 0.3) is 0 Å². The fourth-order valence-electron chi connectivity index (χ4n) is 2.12. The topological polar surface area (TPSA) is 49.3 Å².